The molecule has 0 bridgehead atoms. The van der Waals surface area contributed by atoms with Crippen LogP contribution in [0.2, 0.25) is 0 Å². The van der Waals surface area contributed by atoms with E-state index < -0.39 is 11.5 Å². The molecule has 0 radical (unpaired) electrons. The average Bonchev–Trinajstić information content (AvgIpc) is 3.09. The fourth-order valence-electron chi connectivity index (χ4n) is 2.91. The maximum absolute atomic E-state index is 12.1. The molecule has 0 spiro atoms. The van der Waals surface area contributed by atoms with Gasteiger partial charge in [0, 0.05) is 6.04 Å². The van der Waals surface area contributed by atoms with Crippen LogP contribution >= 0.6 is 11.3 Å². The number of thiophene rings is 1. The van der Waals surface area contributed by atoms with Crippen molar-refractivity contribution in [3.63, 3.8) is 0 Å². The molecule has 3 N–H and O–H groups in total. The van der Waals surface area contributed by atoms with Gasteiger partial charge >= 0.3 is 5.97 Å². The second-order valence-corrected chi connectivity index (χ2v) is 6.71. The van der Waals surface area contributed by atoms with E-state index in [9.17, 15) is 14.9 Å². The summed E-state index contributed by atoms with van der Waals surface area (Å²) >= 11 is 1.41. The van der Waals surface area contributed by atoms with Crippen LogP contribution < -0.4 is 10.9 Å². The quantitative estimate of drug-likeness (QED) is 0.784. The Hall–Kier alpha value is -2.66. The summed E-state index contributed by atoms with van der Waals surface area (Å²) in [4.78, 5) is 30.9. The maximum Gasteiger partial charge on any atom is 0.306 e. The lowest BCUT2D eigenvalue weighted by Gasteiger charge is -2.27. The van der Waals surface area contributed by atoms with Crippen LogP contribution in [0.15, 0.2) is 22.3 Å². The molecule has 0 atom stereocenters. The van der Waals surface area contributed by atoms with Crippen molar-refractivity contribution in [2.24, 2.45) is 5.92 Å². The molecule has 1 fully saturated rings. The molecule has 3 rings (SSSR count). The number of hydrogen-bond acceptors (Lipinski definition) is 6. The van der Waals surface area contributed by atoms with Crippen molar-refractivity contribution in [1.29, 1.82) is 5.26 Å². The number of H-pyrrole nitrogens is 1. The first kappa shape index (κ1) is 16.2. The van der Waals surface area contributed by atoms with Gasteiger partial charge in [-0.05, 0) is 37.1 Å². The van der Waals surface area contributed by atoms with Gasteiger partial charge in [0.1, 0.15) is 17.3 Å². The number of nitrogens with zero attached hydrogens (tertiary/aromatic N) is 2. The minimum atomic E-state index is -0.752. The molecule has 8 heteroatoms. The molecule has 2 aromatic heterocycles. The van der Waals surface area contributed by atoms with Crippen LogP contribution in [-0.4, -0.2) is 27.1 Å². The van der Waals surface area contributed by atoms with Gasteiger partial charge in [-0.3, -0.25) is 14.6 Å². The van der Waals surface area contributed by atoms with Gasteiger partial charge in [0.05, 0.1) is 10.8 Å². The molecule has 7 nitrogen and oxygen atoms in total. The van der Waals surface area contributed by atoms with Gasteiger partial charge in [-0.1, -0.05) is 6.07 Å². The number of carboxylic acids is 1. The van der Waals surface area contributed by atoms with E-state index >= 15 is 0 Å². The van der Waals surface area contributed by atoms with Crippen LogP contribution in [0.5, 0.6) is 0 Å². The largest absolute Gasteiger partial charge is 0.481 e. The Bertz CT molecular complexity index is 830. The number of hydrogen-bond donors (Lipinski definition) is 3. The van der Waals surface area contributed by atoms with Gasteiger partial charge in [-0.15, -0.1) is 11.3 Å². The van der Waals surface area contributed by atoms with E-state index in [1.54, 1.807) is 0 Å². The second kappa shape index (κ2) is 6.84. The first-order valence-electron chi connectivity index (χ1n) is 7.66. The lowest BCUT2D eigenvalue weighted by Crippen LogP contribution is -2.31. The zero-order valence-corrected chi connectivity index (χ0v) is 13.6. The van der Waals surface area contributed by atoms with Gasteiger partial charge in [0.2, 0.25) is 5.95 Å². The fraction of sp³-hybridized carbons (Fsp3) is 0.375. The SMILES string of the molecule is N#Cc1c(-c2cccs2)nc(N[C@H]2CC[C@@H](C(=O)O)CC2)[nH]c1=O. The number of carboxylic acid groups (broad SMARTS) is 1. The monoisotopic (exact) mass is 344 g/mol. The first-order chi connectivity index (χ1) is 11.6. The van der Waals surface area contributed by atoms with E-state index in [4.69, 9.17) is 5.11 Å². The van der Waals surface area contributed by atoms with Crippen LogP contribution in [-0.2, 0) is 4.79 Å². The van der Waals surface area contributed by atoms with E-state index in [0.717, 1.165) is 4.88 Å². The lowest BCUT2D eigenvalue weighted by molar-refractivity contribution is -0.142. The average molecular weight is 344 g/mol. The second-order valence-electron chi connectivity index (χ2n) is 5.76. The Morgan fingerprint density at radius 2 is 2.17 bits per heavy atom. The molecule has 1 aliphatic carbocycles. The topological polar surface area (TPSA) is 119 Å². The highest BCUT2D eigenvalue weighted by Crippen LogP contribution is 2.28. The fourth-order valence-corrected chi connectivity index (χ4v) is 3.64. The van der Waals surface area contributed by atoms with Crippen molar-refractivity contribution in [1.82, 2.24) is 9.97 Å². The molecular weight excluding hydrogens is 328 g/mol. The van der Waals surface area contributed by atoms with Gasteiger partial charge in [0.15, 0.2) is 0 Å². The predicted octanol–water partition coefficient (Wildman–Crippen LogP) is 2.43. The number of aromatic nitrogens is 2. The van der Waals surface area contributed by atoms with Crippen molar-refractivity contribution in [3.8, 4) is 16.6 Å². The first-order valence-corrected chi connectivity index (χ1v) is 8.54. The minimum Gasteiger partial charge on any atom is -0.481 e. The van der Waals surface area contributed by atoms with Crippen LogP contribution in [0.4, 0.5) is 5.95 Å². The molecule has 0 unspecified atom stereocenters. The Balaban J connectivity index is 1.82. The summed E-state index contributed by atoms with van der Waals surface area (Å²) in [5.74, 6) is -0.725. The van der Waals surface area contributed by atoms with Crippen molar-refractivity contribution in [2.75, 3.05) is 5.32 Å². The molecule has 0 saturated heterocycles. The van der Waals surface area contributed by atoms with Gasteiger partial charge < -0.3 is 10.4 Å². The predicted molar refractivity (Wildman–Crippen MR) is 89.9 cm³/mol. The Morgan fingerprint density at radius 1 is 1.42 bits per heavy atom. The highest BCUT2D eigenvalue weighted by atomic mass is 32.1. The Morgan fingerprint density at radius 3 is 2.75 bits per heavy atom. The molecule has 0 aliphatic heterocycles. The number of anilines is 1. The van der Waals surface area contributed by atoms with Crippen molar-refractivity contribution in [2.45, 2.75) is 31.7 Å². The summed E-state index contributed by atoms with van der Waals surface area (Å²) < 4.78 is 0. The van der Waals surface area contributed by atoms with E-state index in [2.05, 4.69) is 15.3 Å². The maximum atomic E-state index is 12.1. The summed E-state index contributed by atoms with van der Waals surface area (Å²) in [6, 6.07) is 5.62. The zero-order chi connectivity index (χ0) is 17.1. The van der Waals surface area contributed by atoms with Crippen LogP contribution in [0.25, 0.3) is 10.6 Å². The lowest BCUT2D eigenvalue weighted by atomic mass is 9.86. The van der Waals surface area contributed by atoms with E-state index in [0.29, 0.717) is 37.3 Å². The van der Waals surface area contributed by atoms with Crippen LogP contribution in [0, 0.1) is 17.2 Å². The smallest absolute Gasteiger partial charge is 0.306 e. The minimum absolute atomic E-state index is 0.00224. The third-order valence-electron chi connectivity index (χ3n) is 4.20. The van der Waals surface area contributed by atoms with Crippen LogP contribution in [0.1, 0.15) is 31.2 Å². The van der Waals surface area contributed by atoms with Gasteiger partial charge in [-0.25, -0.2) is 4.98 Å². The summed E-state index contributed by atoms with van der Waals surface area (Å²) in [5, 5.41) is 23.3. The summed E-state index contributed by atoms with van der Waals surface area (Å²) in [5.41, 5.74) is -0.104. The number of nitriles is 1. The third-order valence-corrected chi connectivity index (χ3v) is 5.08. The molecular formula is C16H16N4O3S. The van der Waals surface area contributed by atoms with Crippen molar-refractivity contribution < 1.29 is 9.90 Å². The molecule has 1 aliphatic rings. The van der Waals surface area contributed by atoms with Crippen molar-refractivity contribution >= 4 is 23.3 Å². The number of nitrogens with one attached hydrogen (secondary N) is 2. The number of aromatic amines is 1. The number of rotatable bonds is 4. The van der Waals surface area contributed by atoms with E-state index in [-0.39, 0.29) is 17.5 Å². The number of carbonyl (C=O) groups is 1. The standard InChI is InChI=1S/C16H16N4O3S/c17-8-11-13(12-2-1-7-24-12)19-16(20-14(11)21)18-10-5-3-9(4-6-10)15(22)23/h1-2,7,9-10H,3-6H2,(H,22,23)(H2,18,19,20,21)/t9-,10+. The normalized spacial score (nSPS) is 20.3. The molecule has 2 aromatic rings. The van der Waals surface area contributed by atoms with E-state index in [1.165, 1.54) is 11.3 Å². The van der Waals surface area contributed by atoms with Gasteiger partial charge in [0.25, 0.3) is 5.56 Å². The van der Waals surface area contributed by atoms with E-state index in [1.807, 2.05) is 23.6 Å². The third kappa shape index (κ3) is 3.31. The summed E-state index contributed by atoms with van der Waals surface area (Å²) in [6.07, 6.45) is 2.61. The summed E-state index contributed by atoms with van der Waals surface area (Å²) in [7, 11) is 0. The van der Waals surface area contributed by atoms with Gasteiger partial charge in [-0.2, -0.15) is 5.26 Å². The zero-order valence-electron chi connectivity index (χ0n) is 12.8. The Labute approximate surface area is 142 Å². The summed E-state index contributed by atoms with van der Waals surface area (Å²) in [6.45, 7) is 0. The molecule has 124 valence electrons. The number of aliphatic carboxylic acids is 1. The Kier molecular flexibility index (Phi) is 4.62. The highest BCUT2D eigenvalue weighted by Gasteiger charge is 2.26. The molecule has 0 aromatic carbocycles. The molecule has 2 heterocycles. The molecule has 24 heavy (non-hydrogen) atoms. The van der Waals surface area contributed by atoms with Crippen molar-refractivity contribution in [3.05, 3.63) is 33.4 Å². The highest BCUT2D eigenvalue weighted by molar-refractivity contribution is 7.13. The molecule has 1 saturated carbocycles. The molecule has 0 amide bonds. The van der Waals surface area contributed by atoms with Crippen LogP contribution in [0.3, 0.4) is 0 Å².